The van der Waals surface area contributed by atoms with Crippen LogP contribution in [0.4, 0.5) is 0 Å². The molecule has 0 unspecified atom stereocenters. The molecule has 0 spiro atoms. The predicted octanol–water partition coefficient (Wildman–Crippen LogP) is 2.58. The minimum atomic E-state index is -0.877. The number of aliphatic carboxylic acids is 1. The average Bonchev–Trinajstić information content (AvgIpc) is 2.36. The number of rotatable bonds is 6. The Morgan fingerprint density at radius 2 is 2.11 bits per heavy atom. The fraction of sp³-hybridized carbons (Fsp3) is 0.385. The zero-order valence-electron chi connectivity index (χ0n) is 10.9. The lowest BCUT2D eigenvalue weighted by Gasteiger charge is -2.23. The van der Waals surface area contributed by atoms with Gasteiger partial charge in [-0.05, 0) is 38.2 Å². The van der Waals surface area contributed by atoms with E-state index in [0.29, 0.717) is 17.4 Å². The van der Waals surface area contributed by atoms with Crippen LogP contribution in [0.3, 0.4) is 0 Å². The Morgan fingerprint density at radius 3 is 2.63 bits per heavy atom. The molecule has 4 nitrogen and oxygen atoms in total. The standard InChI is InChI=1S/C13H17NO3S2/c1-3-17-13(18)19-14(2)11(12(15)16)9-10-7-5-4-6-8-10/h4-8,11H,3,9H2,1-2H3,(H,15,16)/t11-/m0/s1. The summed E-state index contributed by atoms with van der Waals surface area (Å²) < 4.78 is 7.11. The van der Waals surface area contributed by atoms with Crippen LogP contribution in [0, 0.1) is 0 Å². The molecule has 104 valence electrons. The topological polar surface area (TPSA) is 49.8 Å². The number of carbonyl (C=O) groups is 1. The maximum Gasteiger partial charge on any atom is 0.322 e. The highest BCUT2D eigenvalue weighted by Gasteiger charge is 2.24. The fourth-order valence-corrected chi connectivity index (χ4v) is 2.70. The molecule has 1 N–H and O–H groups in total. The molecule has 1 aromatic carbocycles. The molecule has 0 heterocycles. The molecule has 0 fully saturated rings. The van der Waals surface area contributed by atoms with Crippen molar-refractivity contribution >= 4 is 34.5 Å². The first-order valence-corrected chi connectivity index (χ1v) is 7.07. The van der Waals surface area contributed by atoms with E-state index in [-0.39, 0.29) is 0 Å². The molecule has 0 aliphatic carbocycles. The quantitative estimate of drug-likeness (QED) is 0.643. The highest BCUT2D eigenvalue weighted by Crippen LogP contribution is 2.18. The second-order valence-electron chi connectivity index (χ2n) is 3.86. The van der Waals surface area contributed by atoms with Gasteiger partial charge in [0.2, 0.25) is 4.38 Å². The SMILES string of the molecule is CCOC(=S)SN(C)[C@@H](Cc1ccccc1)C(=O)O. The summed E-state index contributed by atoms with van der Waals surface area (Å²) in [7, 11) is 1.71. The average molecular weight is 299 g/mol. The Kier molecular flexibility index (Phi) is 6.83. The number of likely N-dealkylation sites (N-methyl/N-ethyl adjacent to an activating group) is 1. The van der Waals surface area contributed by atoms with Gasteiger partial charge < -0.3 is 9.84 Å². The number of hydrogen-bond donors (Lipinski definition) is 1. The molecule has 1 atom stereocenters. The van der Waals surface area contributed by atoms with Crippen LogP contribution in [0.1, 0.15) is 12.5 Å². The number of thiocarbonyl (C=S) groups is 1. The molecule has 6 heteroatoms. The van der Waals surface area contributed by atoms with Crippen molar-refractivity contribution < 1.29 is 14.6 Å². The van der Waals surface area contributed by atoms with Crippen molar-refractivity contribution in [2.45, 2.75) is 19.4 Å². The second-order valence-corrected chi connectivity index (χ2v) is 5.62. The summed E-state index contributed by atoms with van der Waals surface area (Å²) in [5, 5.41) is 9.31. The maximum atomic E-state index is 11.3. The van der Waals surface area contributed by atoms with Gasteiger partial charge in [0, 0.05) is 11.9 Å². The molecule has 0 saturated carbocycles. The van der Waals surface area contributed by atoms with Crippen LogP contribution >= 0.6 is 24.2 Å². The van der Waals surface area contributed by atoms with Crippen LogP contribution in [0.2, 0.25) is 0 Å². The Balaban J connectivity index is 2.67. The van der Waals surface area contributed by atoms with E-state index in [1.807, 2.05) is 37.3 Å². The van der Waals surface area contributed by atoms with Gasteiger partial charge in [-0.2, -0.15) is 0 Å². The van der Waals surface area contributed by atoms with Crippen LogP contribution in [0.15, 0.2) is 30.3 Å². The third kappa shape index (κ3) is 5.59. The molecule has 0 bridgehead atoms. The maximum absolute atomic E-state index is 11.3. The summed E-state index contributed by atoms with van der Waals surface area (Å²) in [6.45, 7) is 2.32. The summed E-state index contributed by atoms with van der Waals surface area (Å²) in [5.41, 5.74) is 0.977. The van der Waals surface area contributed by atoms with E-state index >= 15 is 0 Å². The van der Waals surface area contributed by atoms with Gasteiger partial charge >= 0.3 is 5.97 Å². The van der Waals surface area contributed by atoms with Gasteiger partial charge in [0.1, 0.15) is 6.04 Å². The Bertz CT molecular complexity index is 425. The van der Waals surface area contributed by atoms with E-state index in [4.69, 9.17) is 17.0 Å². The van der Waals surface area contributed by atoms with E-state index in [0.717, 1.165) is 17.5 Å². The first-order valence-electron chi connectivity index (χ1n) is 5.89. The van der Waals surface area contributed by atoms with Gasteiger partial charge in [-0.1, -0.05) is 30.3 Å². The van der Waals surface area contributed by atoms with Crippen molar-refractivity contribution in [3.05, 3.63) is 35.9 Å². The Hall–Kier alpha value is -1.11. The molecule has 0 aliphatic rings. The number of carboxylic acid groups (broad SMARTS) is 1. The molecule has 0 aromatic heterocycles. The number of benzene rings is 1. The highest BCUT2D eigenvalue weighted by atomic mass is 32.2. The van der Waals surface area contributed by atoms with E-state index in [9.17, 15) is 9.90 Å². The van der Waals surface area contributed by atoms with Crippen molar-refractivity contribution in [3.63, 3.8) is 0 Å². The number of ether oxygens (including phenoxy) is 1. The summed E-state index contributed by atoms with van der Waals surface area (Å²) >= 11 is 6.15. The highest BCUT2D eigenvalue weighted by molar-refractivity contribution is 8.21. The van der Waals surface area contributed by atoms with E-state index in [1.54, 1.807) is 11.4 Å². The van der Waals surface area contributed by atoms with Crippen molar-refractivity contribution in [1.29, 1.82) is 0 Å². The Labute approximate surface area is 122 Å². The third-order valence-corrected chi connectivity index (χ3v) is 3.63. The van der Waals surface area contributed by atoms with E-state index in [1.165, 1.54) is 0 Å². The van der Waals surface area contributed by atoms with Crippen molar-refractivity contribution in [2.75, 3.05) is 13.7 Å². The normalized spacial score (nSPS) is 12.2. The number of nitrogens with zero attached hydrogens (tertiary/aromatic N) is 1. The summed E-state index contributed by atoms with van der Waals surface area (Å²) in [4.78, 5) is 11.3. The second kappa shape index (κ2) is 8.14. The minimum Gasteiger partial charge on any atom is -0.480 e. The predicted molar refractivity (Wildman–Crippen MR) is 81.1 cm³/mol. The lowest BCUT2D eigenvalue weighted by atomic mass is 10.1. The Morgan fingerprint density at radius 1 is 1.47 bits per heavy atom. The van der Waals surface area contributed by atoms with E-state index in [2.05, 4.69) is 0 Å². The molecule has 0 saturated heterocycles. The lowest BCUT2D eigenvalue weighted by Crippen LogP contribution is -2.36. The van der Waals surface area contributed by atoms with Crippen LogP contribution in [-0.2, 0) is 16.0 Å². The van der Waals surface area contributed by atoms with Crippen LogP contribution in [0.25, 0.3) is 0 Å². The van der Waals surface area contributed by atoms with Crippen LogP contribution in [-0.4, -0.2) is 39.5 Å². The summed E-state index contributed by atoms with van der Waals surface area (Å²) in [6, 6.07) is 8.87. The van der Waals surface area contributed by atoms with Crippen molar-refractivity contribution in [3.8, 4) is 0 Å². The zero-order valence-corrected chi connectivity index (χ0v) is 12.5. The monoisotopic (exact) mass is 299 g/mol. The third-order valence-electron chi connectivity index (χ3n) is 2.48. The zero-order chi connectivity index (χ0) is 14.3. The molecule has 1 aromatic rings. The van der Waals surface area contributed by atoms with Gasteiger partial charge in [-0.25, -0.2) is 4.31 Å². The van der Waals surface area contributed by atoms with Gasteiger partial charge in [-0.3, -0.25) is 4.79 Å². The molecular weight excluding hydrogens is 282 g/mol. The number of hydrogen-bond acceptors (Lipinski definition) is 5. The molecule has 1 rings (SSSR count). The minimum absolute atomic E-state index is 0.337. The smallest absolute Gasteiger partial charge is 0.322 e. The molecule has 0 aliphatic heterocycles. The largest absolute Gasteiger partial charge is 0.480 e. The lowest BCUT2D eigenvalue weighted by molar-refractivity contribution is -0.140. The first kappa shape index (κ1) is 15.9. The van der Waals surface area contributed by atoms with E-state index < -0.39 is 12.0 Å². The van der Waals surface area contributed by atoms with Gasteiger partial charge in [-0.15, -0.1) is 0 Å². The molecular formula is C13H17NO3S2. The van der Waals surface area contributed by atoms with Crippen LogP contribution in [0.5, 0.6) is 0 Å². The fourth-order valence-electron chi connectivity index (χ4n) is 1.53. The van der Waals surface area contributed by atoms with Crippen molar-refractivity contribution in [1.82, 2.24) is 4.31 Å². The first-order chi connectivity index (χ1) is 9.04. The molecule has 19 heavy (non-hydrogen) atoms. The van der Waals surface area contributed by atoms with Gasteiger partial charge in [0.15, 0.2) is 0 Å². The van der Waals surface area contributed by atoms with Crippen LogP contribution < -0.4 is 0 Å². The summed E-state index contributed by atoms with van der Waals surface area (Å²) in [5.74, 6) is -0.877. The van der Waals surface area contributed by atoms with Gasteiger partial charge in [0.25, 0.3) is 0 Å². The molecule has 0 radical (unpaired) electrons. The van der Waals surface area contributed by atoms with Gasteiger partial charge in [0.05, 0.1) is 6.61 Å². The molecule has 0 amide bonds. The number of carboxylic acids is 1. The van der Waals surface area contributed by atoms with Crippen molar-refractivity contribution in [2.24, 2.45) is 0 Å². The summed E-state index contributed by atoms with van der Waals surface area (Å²) in [6.07, 6.45) is 0.425.